The zero-order valence-electron chi connectivity index (χ0n) is 12.9. The van der Waals surface area contributed by atoms with Gasteiger partial charge in [-0.25, -0.2) is 4.98 Å². The molecule has 0 aromatic carbocycles. The number of nitrogens with zero attached hydrogens (tertiary/aromatic N) is 2. The van der Waals surface area contributed by atoms with Crippen molar-refractivity contribution in [2.45, 2.75) is 26.2 Å². The molecule has 23 heavy (non-hydrogen) atoms. The molecule has 118 valence electrons. The fourth-order valence-corrected chi connectivity index (χ4v) is 3.33. The number of carbonyl (C=O) groups excluding carboxylic acids is 1. The summed E-state index contributed by atoms with van der Waals surface area (Å²) < 4.78 is 0. The lowest BCUT2D eigenvalue weighted by molar-refractivity contribution is 0.103. The molecule has 0 saturated heterocycles. The number of aryl methyl sites for hydroxylation is 1. The molecule has 5 nitrogen and oxygen atoms in total. The fourth-order valence-electron chi connectivity index (χ4n) is 2.32. The summed E-state index contributed by atoms with van der Waals surface area (Å²) in [6, 6.07) is 7.43. The molecular weight excluding hydrogens is 308 g/mol. The molecule has 3 rings (SSSR count). The highest BCUT2D eigenvalue weighted by molar-refractivity contribution is 7.21. The number of pyridine rings is 2. The van der Waals surface area contributed by atoms with Gasteiger partial charge in [-0.15, -0.1) is 11.3 Å². The molecule has 0 aliphatic carbocycles. The van der Waals surface area contributed by atoms with Crippen molar-refractivity contribution in [1.29, 1.82) is 0 Å². The molecule has 1 amide bonds. The quantitative estimate of drug-likeness (QED) is 0.746. The number of thiophene rings is 1. The number of nitrogens with two attached hydrogens (primary N) is 1. The zero-order valence-corrected chi connectivity index (χ0v) is 13.7. The standard InChI is InChI=1S/C17H18N4OS/c1-2-3-4-11-5-6-13-14(18)15(23-17(13)21-11)16(22)20-12-7-9-19-10-8-12/h5-10H,2-4,18H2,1H3,(H,19,20,22). The van der Waals surface area contributed by atoms with E-state index in [1.54, 1.807) is 24.5 Å². The van der Waals surface area contributed by atoms with E-state index >= 15 is 0 Å². The molecule has 3 aromatic heterocycles. The second kappa shape index (κ2) is 6.75. The van der Waals surface area contributed by atoms with Crippen molar-refractivity contribution in [2.75, 3.05) is 11.1 Å². The normalized spacial score (nSPS) is 10.8. The van der Waals surface area contributed by atoms with Gasteiger partial charge in [0, 0.05) is 29.2 Å². The van der Waals surface area contributed by atoms with Crippen LogP contribution in [0.4, 0.5) is 11.4 Å². The first kappa shape index (κ1) is 15.4. The molecule has 0 radical (unpaired) electrons. The Labute approximate surface area is 138 Å². The second-order valence-electron chi connectivity index (χ2n) is 5.29. The minimum absolute atomic E-state index is 0.216. The average molecular weight is 326 g/mol. The van der Waals surface area contributed by atoms with Gasteiger partial charge in [0.1, 0.15) is 9.71 Å². The van der Waals surface area contributed by atoms with E-state index in [4.69, 9.17) is 5.73 Å². The van der Waals surface area contributed by atoms with Crippen LogP contribution in [0.3, 0.4) is 0 Å². The van der Waals surface area contributed by atoms with Crippen molar-refractivity contribution in [3.05, 3.63) is 47.2 Å². The number of amides is 1. The molecule has 3 heterocycles. The van der Waals surface area contributed by atoms with E-state index in [1.807, 2.05) is 12.1 Å². The first-order chi connectivity index (χ1) is 11.2. The summed E-state index contributed by atoms with van der Waals surface area (Å²) in [6.07, 6.45) is 6.44. The smallest absolute Gasteiger partial charge is 0.267 e. The predicted octanol–water partition coefficient (Wildman–Crippen LogP) is 3.87. The van der Waals surface area contributed by atoms with Gasteiger partial charge in [-0.3, -0.25) is 9.78 Å². The molecular formula is C17H18N4OS. The molecule has 0 aliphatic heterocycles. The predicted molar refractivity (Wildman–Crippen MR) is 94.8 cm³/mol. The summed E-state index contributed by atoms with van der Waals surface area (Å²) >= 11 is 1.34. The van der Waals surface area contributed by atoms with Crippen LogP contribution in [0.25, 0.3) is 10.2 Å². The summed E-state index contributed by atoms with van der Waals surface area (Å²) in [6.45, 7) is 2.16. The van der Waals surface area contributed by atoms with Crippen molar-refractivity contribution < 1.29 is 4.79 Å². The van der Waals surface area contributed by atoms with Gasteiger partial charge in [0.25, 0.3) is 5.91 Å². The molecule has 0 fully saturated rings. The number of carbonyl (C=O) groups is 1. The number of rotatable bonds is 5. The van der Waals surface area contributed by atoms with Crippen LogP contribution in [0.15, 0.2) is 36.7 Å². The number of hydrogen-bond acceptors (Lipinski definition) is 5. The molecule has 0 unspecified atom stereocenters. The van der Waals surface area contributed by atoms with Gasteiger partial charge in [0.2, 0.25) is 0 Å². The summed E-state index contributed by atoms with van der Waals surface area (Å²) in [5.41, 5.74) is 8.37. The van der Waals surface area contributed by atoms with Gasteiger partial charge in [0.05, 0.1) is 5.69 Å². The lowest BCUT2D eigenvalue weighted by Gasteiger charge is -2.03. The van der Waals surface area contributed by atoms with E-state index < -0.39 is 0 Å². The summed E-state index contributed by atoms with van der Waals surface area (Å²) in [5.74, 6) is -0.216. The fraction of sp³-hybridized carbons (Fsp3) is 0.235. The molecule has 0 bridgehead atoms. The van der Waals surface area contributed by atoms with Crippen LogP contribution in [0.2, 0.25) is 0 Å². The molecule has 0 atom stereocenters. The van der Waals surface area contributed by atoms with Gasteiger partial charge in [0.15, 0.2) is 0 Å². The SMILES string of the molecule is CCCCc1ccc2c(N)c(C(=O)Nc3ccncc3)sc2n1. The summed E-state index contributed by atoms with van der Waals surface area (Å²) in [4.78, 5) is 22.3. The van der Waals surface area contributed by atoms with Crippen molar-refractivity contribution in [3.63, 3.8) is 0 Å². The summed E-state index contributed by atoms with van der Waals surface area (Å²) in [7, 11) is 0. The van der Waals surface area contributed by atoms with E-state index in [9.17, 15) is 4.79 Å². The Kier molecular flexibility index (Phi) is 4.52. The van der Waals surface area contributed by atoms with E-state index in [-0.39, 0.29) is 5.91 Å². The lowest BCUT2D eigenvalue weighted by atomic mass is 10.1. The van der Waals surface area contributed by atoms with Crippen LogP contribution in [-0.2, 0) is 6.42 Å². The van der Waals surface area contributed by atoms with Crippen molar-refractivity contribution in [3.8, 4) is 0 Å². The third-order valence-electron chi connectivity index (χ3n) is 3.58. The number of aromatic nitrogens is 2. The monoisotopic (exact) mass is 326 g/mol. The van der Waals surface area contributed by atoms with Gasteiger partial charge in [-0.2, -0.15) is 0 Å². The van der Waals surface area contributed by atoms with Crippen LogP contribution in [0, 0.1) is 0 Å². The van der Waals surface area contributed by atoms with Gasteiger partial charge < -0.3 is 11.1 Å². The van der Waals surface area contributed by atoms with Gasteiger partial charge >= 0.3 is 0 Å². The molecule has 0 spiro atoms. The van der Waals surface area contributed by atoms with E-state index in [2.05, 4.69) is 22.2 Å². The third-order valence-corrected chi connectivity index (χ3v) is 4.70. The Hall–Kier alpha value is -2.47. The largest absolute Gasteiger partial charge is 0.397 e. The van der Waals surface area contributed by atoms with Crippen LogP contribution < -0.4 is 11.1 Å². The maximum absolute atomic E-state index is 12.4. The Bertz CT molecular complexity index is 829. The molecule has 0 aliphatic rings. The number of nitrogen functional groups attached to an aromatic ring is 1. The third kappa shape index (κ3) is 3.32. The molecule has 6 heteroatoms. The summed E-state index contributed by atoms with van der Waals surface area (Å²) in [5, 5.41) is 3.68. The lowest BCUT2D eigenvalue weighted by Crippen LogP contribution is -2.11. The Morgan fingerprint density at radius 2 is 2.04 bits per heavy atom. The Morgan fingerprint density at radius 1 is 1.26 bits per heavy atom. The maximum atomic E-state index is 12.4. The topological polar surface area (TPSA) is 80.9 Å². The Morgan fingerprint density at radius 3 is 2.78 bits per heavy atom. The van der Waals surface area contributed by atoms with Crippen LogP contribution in [-0.4, -0.2) is 15.9 Å². The number of unbranched alkanes of at least 4 members (excludes halogenated alkanes) is 1. The van der Waals surface area contributed by atoms with E-state index in [0.717, 1.165) is 35.2 Å². The zero-order chi connectivity index (χ0) is 16.2. The van der Waals surface area contributed by atoms with E-state index in [0.29, 0.717) is 16.3 Å². The van der Waals surface area contributed by atoms with Crippen molar-refractivity contribution >= 4 is 38.8 Å². The maximum Gasteiger partial charge on any atom is 0.267 e. The molecule has 3 N–H and O–H groups in total. The van der Waals surface area contributed by atoms with Gasteiger partial charge in [-0.1, -0.05) is 13.3 Å². The highest BCUT2D eigenvalue weighted by Crippen LogP contribution is 2.33. The highest BCUT2D eigenvalue weighted by Gasteiger charge is 2.17. The minimum atomic E-state index is -0.216. The van der Waals surface area contributed by atoms with Crippen LogP contribution >= 0.6 is 11.3 Å². The Balaban J connectivity index is 1.88. The first-order valence-electron chi connectivity index (χ1n) is 7.58. The van der Waals surface area contributed by atoms with Crippen LogP contribution in [0.5, 0.6) is 0 Å². The number of hydrogen-bond donors (Lipinski definition) is 2. The minimum Gasteiger partial charge on any atom is -0.397 e. The number of nitrogens with one attached hydrogen (secondary N) is 1. The van der Waals surface area contributed by atoms with Crippen molar-refractivity contribution in [1.82, 2.24) is 9.97 Å². The van der Waals surface area contributed by atoms with E-state index in [1.165, 1.54) is 11.3 Å². The number of fused-ring (bicyclic) bond motifs is 1. The second-order valence-corrected chi connectivity index (χ2v) is 6.29. The first-order valence-corrected chi connectivity index (χ1v) is 8.40. The highest BCUT2D eigenvalue weighted by atomic mass is 32.1. The average Bonchev–Trinajstić information content (AvgIpc) is 2.90. The molecule has 3 aromatic rings. The van der Waals surface area contributed by atoms with Gasteiger partial charge in [-0.05, 0) is 37.1 Å². The van der Waals surface area contributed by atoms with Crippen LogP contribution in [0.1, 0.15) is 35.1 Å². The molecule has 0 saturated carbocycles. The van der Waals surface area contributed by atoms with Crippen molar-refractivity contribution in [2.24, 2.45) is 0 Å². The number of anilines is 2.